The second-order valence-electron chi connectivity index (χ2n) is 22.7. The summed E-state index contributed by atoms with van der Waals surface area (Å²) in [5.41, 5.74) is 0. The maximum Gasteiger partial charge on any atom is 0.335 e. The lowest BCUT2D eigenvalue weighted by molar-refractivity contribution is -0.301. The van der Waals surface area contributed by atoms with Crippen LogP contribution in [0.4, 0.5) is 0 Å². The summed E-state index contributed by atoms with van der Waals surface area (Å²) >= 11 is 0. The summed E-state index contributed by atoms with van der Waals surface area (Å²) in [5, 5.41) is 31.6. The van der Waals surface area contributed by atoms with Crippen molar-refractivity contribution in [3.8, 4) is 0 Å². The van der Waals surface area contributed by atoms with Gasteiger partial charge in [0.2, 0.25) is 0 Å². The Bertz CT molecular complexity index is 1640. The third-order valence-electron chi connectivity index (χ3n) is 15.1. The van der Waals surface area contributed by atoms with E-state index in [1.54, 1.807) is 0 Å². The van der Waals surface area contributed by atoms with E-state index in [9.17, 15) is 34.5 Å². The number of aliphatic carboxylic acids is 1. The Morgan fingerprint density at radius 1 is 0.420 bits per heavy atom. The minimum Gasteiger partial charge on any atom is -0.479 e. The van der Waals surface area contributed by atoms with Gasteiger partial charge in [0.05, 0.1) is 6.61 Å². The molecule has 468 valence electrons. The molecule has 0 amide bonds. The molecule has 1 rings (SSSR count). The van der Waals surface area contributed by atoms with Crippen LogP contribution >= 0.6 is 0 Å². The minimum absolute atomic E-state index is 0.0614. The zero-order valence-electron chi connectivity index (χ0n) is 51.8. The lowest BCUT2D eigenvalue weighted by Gasteiger charge is -2.40. The number of carboxylic acids is 1. The first kappa shape index (κ1) is 75.4. The van der Waals surface area contributed by atoms with Gasteiger partial charge < -0.3 is 39.0 Å². The average molecular weight is 1140 g/mol. The Hall–Kier alpha value is -3.58. The topological polar surface area (TPSA) is 175 Å². The maximum absolute atomic E-state index is 13.2. The van der Waals surface area contributed by atoms with Gasteiger partial charge >= 0.3 is 23.9 Å². The van der Waals surface area contributed by atoms with Gasteiger partial charge in [0.25, 0.3) is 0 Å². The lowest BCUT2D eigenvalue weighted by atomic mass is 9.98. The van der Waals surface area contributed by atoms with Crippen molar-refractivity contribution in [2.24, 2.45) is 0 Å². The minimum atomic E-state index is -1.91. The summed E-state index contributed by atoms with van der Waals surface area (Å²) in [6, 6.07) is 0. The van der Waals surface area contributed by atoms with E-state index in [1.807, 2.05) is 0 Å². The Morgan fingerprint density at radius 2 is 0.778 bits per heavy atom. The zero-order chi connectivity index (χ0) is 58.9. The molecule has 0 spiro atoms. The van der Waals surface area contributed by atoms with Gasteiger partial charge in [0.1, 0.15) is 18.8 Å². The normalized spacial score (nSPS) is 18.1. The monoisotopic (exact) mass is 1140 g/mol. The molecule has 1 saturated heterocycles. The van der Waals surface area contributed by atoms with Crippen molar-refractivity contribution in [3.05, 3.63) is 60.8 Å². The van der Waals surface area contributed by atoms with Crippen molar-refractivity contribution in [2.45, 2.75) is 340 Å². The second kappa shape index (κ2) is 56.9. The van der Waals surface area contributed by atoms with Crippen LogP contribution in [0, 0.1) is 0 Å². The number of carbonyl (C=O) groups is 4. The number of unbranched alkanes of at least 4 members (excludes halogenated alkanes) is 33. The van der Waals surface area contributed by atoms with E-state index in [2.05, 4.69) is 81.5 Å². The van der Waals surface area contributed by atoms with Crippen LogP contribution in [-0.4, -0.2) is 89.2 Å². The van der Waals surface area contributed by atoms with E-state index in [4.69, 9.17) is 23.7 Å². The standard InChI is InChI=1S/C69H120O12/c1-4-7-10-13-16-19-22-25-28-30-31-33-36-39-42-45-48-51-54-57-63(72)80-67-65(74)64(73)66(68(75)76)81-69(67)78-59-60(79-62(71)56-53-50-47-44-41-38-34-27-24-21-18-15-12-9-6-3)58-77-61(70)55-52-49-46-43-40-37-35-32-29-26-23-20-17-14-11-8-5-2/h8,11,17-18,20-21,26-27,29,34,60,64-67,69,73-74H,4-7,9-10,12-16,19,22-25,28,30-33,35-59H2,1-3H3,(H,75,76)/b11-8-,20-17-,21-18-,29-26-,34-27-. The van der Waals surface area contributed by atoms with Gasteiger partial charge in [0, 0.05) is 19.3 Å². The average Bonchev–Trinajstić information content (AvgIpc) is 3.53. The van der Waals surface area contributed by atoms with E-state index in [-0.39, 0.29) is 25.9 Å². The Kier molecular flexibility index (Phi) is 53.0. The maximum atomic E-state index is 13.2. The second-order valence-corrected chi connectivity index (χ2v) is 22.7. The van der Waals surface area contributed by atoms with Gasteiger partial charge in [-0.05, 0) is 83.5 Å². The van der Waals surface area contributed by atoms with Crippen LogP contribution < -0.4 is 0 Å². The van der Waals surface area contributed by atoms with Crippen LogP contribution in [0.25, 0.3) is 0 Å². The van der Waals surface area contributed by atoms with Crippen LogP contribution in [0.1, 0.15) is 303 Å². The Morgan fingerprint density at radius 3 is 1.21 bits per heavy atom. The predicted molar refractivity (Wildman–Crippen MR) is 331 cm³/mol. The molecule has 0 aromatic rings. The highest BCUT2D eigenvalue weighted by Crippen LogP contribution is 2.27. The molecule has 1 aliphatic rings. The van der Waals surface area contributed by atoms with Gasteiger partial charge in [-0.2, -0.15) is 0 Å². The van der Waals surface area contributed by atoms with Crippen molar-refractivity contribution in [1.29, 1.82) is 0 Å². The molecule has 81 heavy (non-hydrogen) atoms. The molecule has 0 radical (unpaired) electrons. The van der Waals surface area contributed by atoms with Crippen molar-refractivity contribution in [1.82, 2.24) is 0 Å². The Labute approximate surface area is 494 Å². The van der Waals surface area contributed by atoms with Gasteiger partial charge in [-0.1, -0.05) is 261 Å². The SMILES string of the molecule is CC/C=C\C/C=C\C/C=C\CCCCCCCCCC(=O)OCC(COC1OC(C(=O)O)C(O)C(O)C1OC(=O)CCCCCCCCCCCCCCCCCCCCC)OC(=O)CCCCCCC/C=C\C/C=C\CCCCC. The number of esters is 3. The first-order valence-corrected chi connectivity index (χ1v) is 33.3. The summed E-state index contributed by atoms with van der Waals surface area (Å²) in [5.74, 6) is -3.13. The van der Waals surface area contributed by atoms with Crippen LogP contribution in [0.15, 0.2) is 60.8 Å². The number of aliphatic hydroxyl groups excluding tert-OH is 2. The summed E-state index contributed by atoms with van der Waals surface area (Å²) in [6.45, 7) is 5.88. The molecule has 0 aromatic carbocycles. The summed E-state index contributed by atoms with van der Waals surface area (Å²) < 4.78 is 28.5. The fourth-order valence-corrected chi connectivity index (χ4v) is 10.0. The van der Waals surface area contributed by atoms with Gasteiger partial charge in [-0.25, -0.2) is 4.79 Å². The molecule has 0 aliphatic carbocycles. The fraction of sp³-hybridized carbons (Fsp3) is 0.797. The fourth-order valence-electron chi connectivity index (χ4n) is 10.0. The molecular weight excluding hydrogens is 1020 g/mol. The van der Waals surface area contributed by atoms with Gasteiger partial charge in [-0.3, -0.25) is 14.4 Å². The van der Waals surface area contributed by atoms with Crippen LogP contribution in [0.3, 0.4) is 0 Å². The number of hydrogen-bond donors (Lipinski definition) is 3. The molecule has 1 aliphatic heterocycles. The van der Waals surface area contributed by atoms with Gasteiger partial charge in [0.15, 0.2) is 24.6 Å². The van der Waals surface area contributed by atoms with Crippen LogP contribution in [-0.2, 0) is 42.9 Å². The summed E-state index contributed by atoms with van der Waals surface area (Å²) in [6.07, 6.45) is 58.9. The lowest BCUT2D eigenvalue weighted by Crippen LogP contribution is -2.61. The quantitative estimate of drug-likeness (QED) is 0.0228. The van der Waals surface area contributed by atoms with Crippen LogP contribution in [0.2, 0.25) is 0 Å². The number of allylic oxidation sites excluding steroid dienone is 10. The number of carbonyl (C=O) groups excluding carboxylic acids is 3. The third kappa shape index (κ3) is 46.5. The van der Waals surface area contributed by atoms with Crippen molar-refractivity contribution >= 4 is 23.9 Å². The number of rotatable bonds is 57. The largest absolute Gasteiger partial charge is 0.479 e. The predicted octanol–water partition coefficient (Wildman–Crippen LogP) is 17.9. The number of aliphatic hydroxyl groups is 2. The highest BCUT2D eigenvalue weighted by Gasteiger charge is 2.50. The molecule has 6 atom stereocenters. The van der Waals surface area contributed by atoms with E-state index in [0.29, 0.717) is 19.3 Å². The van der Waals surface area contributed by atoms with E-state index >= 15 is 0 Å². The zero-order valence-corrected chi connectivity index (χ0v) is 51.8. The molecule has 0 saturated carbocycles. The number of hydrogen-bond acceptors (Lipinski definition) is 11. The number of ether oxygens (including phenoxy) is 5. The molecule has 1 heterocycles. The molecular formula is C69H120O12. The highest BCUT2D eigenvalue weighted by atomic mass is 16.7. The number of carboxylic acid groups (broad SMARTS) is 1. The van der Waals surface area contributed by atoms with Crippen molar-refractivity contribution in [3.63, 3.8) is 0 Å². The van der Waals surface area contributed by atoms with Crippen molar-refractivity contribution < 1.29 is 58.2 Å². The molecule has 12 heteroatoms. The van der Waals surface area contributed by atoms with E-state index in [1.165, 1.54) is 116 Å². The molecule has 12 nitrogen and oxygen atoms in total. The molecule has 0 bridgehead atoms. The smallest absolute Gasteiger partial charge is 0.335 e. The molecule has 0 aromatic heterocycles. The molecule has 6 unspecified atom stereocenters. The van der Waals surface area contributed by atoms with Gasteiger partial charge in [-0.15, -0.1) is 0 Å². The summed E-state index contributed by atoms with van der Waals surface area (Å²) in [4.78, 5) is 51.4. The highest BCUT2D eigenvalue weighted by molar-refractivity contribution is 5.74. The molecule has 3 N–H and O–H groups in total. The third-order valence-corrected chi connectivity index (χ3v) is 15.1. The first-order chi connectivity index (χ1) is 39.6. The Balaban J connectivity index is 2.64. The summed E-state index contributed by atoms with van der Waals surface area (Å²) in [7, 11) is 0. The van der Waals surface area contributed by atoms with E-state index < -0.39 is 67.3 Å². The van der Waals surface area contributed by atoms with Crippen molar-refractivity contribution in [2.75, 3.05) is 13.2 Å². The molecule has 1 fully saturated rings. The first-order valence-electron chi connectivity index (χ1n) is 33.3. The van der Waals surface area contributed by atoms with E-state index in [0.717, 1.165) is 128 Å². The van der Waals surface area contributed by atoms with Crippen LogP contribution in [0.5, 0.6) is 0 Å².